The van der Waals surface area contributed by atoms with Crippen molar-refractivity contribution >= 4 is 55.5 Å². The van der Waals surface area contributed by atoms with Crippen LogP contribution in [0.2, 0.25) is 5.02 Å². The fourth-order valence-electron chi connectivity index (χ4n) is 4.49. The first-order valence-electron chi connectivity index (χ1n) is 12.3. The van der Waals surface area contributed by atoms with E-state index >= 15 is 0 Å². The number of hydrogen-bond acceptors (Lipinski definition) is 6. The van der Waals surface area contributed by atoms with E-state index in [2.05, 4.69) is 10.3 Å². The lowest BCUT2D eigenvalue weighted by Crippen LogP contribution is -2.48. The van der Waals surface area contributed by atoms with Gasteiger partial charge in [-0.15, -0.1) is 11.3 Å². The molecule has 1 saturated heterocycles. The Morgan fingerprint density at radius 1 is 1.02 bits per heavy atom. The van der Waals surface area contributed by atoms with Crippen LogP contribution in [0.5, 0.6) is 0 Å². The molecule has 40 heavy (non-hydrogen) atoms. The molecule has 2 aromatic heterocycles. The van der Waals surface area contributed by atoms with E-state index in [1.807, 2.05) is 6.92 Å². The summed E-state index contributed by atoms with van der Waals surface area (Å²) in [5.41, 5.74) is 0.955. The van der Waals surface area contributed by atoms with Gasteiger partial charge in [-0.05, 0) is 61.5 Å². The van der Waals surface area contributed by atoms with E-state index in [0.717, 1.165) is 23.0 Å². The van der Waals surface area contributed by atoms with Gasteiger partial charge in [-0.25, -0.2) is 13.4 Å². The summed E-state index contributed by atoms with van der Waals surface area (Å²) in [7, 11) is -3.82. The summed E-state index contributed by atoms with van der Waals surface area (Å²) in [6.45, 7) is 2.67. The molecule has 0 spiro atoms. The number of piperazine rings is 1. The summed E-state index contributed by atoms with van der Waals surface area (Å²) in [5.74, 6) is -0.307. The van der Waals surface area contributed by atoms with Gasteiger partial charge in [-0.2, -0.15) is 17.5 Å². The summed E-state index contributed by atoms with van der Waals surface area (Å²) in [6, 6.07) is 15.7. The Kier molecular flexibility index (Phi) is 7.79. The number of benzene rings is 2. The highest BCUT2D eigenvalue weighted by Gasteiger charge is 2.35. The van der Waals surface area contributed by atoms with Gasteiger partial charge >= 0.3 is 6.18 Å². The number of rotatable bonds is 6. The molecular formula is C27H24ClF3N4O3S2. The Morgan fingerprint density at radius 2 is 1.73 bits per heavy atom. The zero-order valence-electron chi connectivity index (χ0n) is 21.2. The van der Waals surface area contributed by atoms with Crippen molar-refractivity contribution in [3.05, 3.63) is 87.4 Å². The standard InChI is InChI=1S/C27H24ClF3N4O3S2/c1-17-2-8-22-21(14-17)23(15-24(33-22)27(29,30)31)34-10-12-35(13-11-34)40(37,38)25-9-7-20(39-25)16-32-26(36)18-3-5-19(28)6-4-18/h2-9,14-15H,10-13,16H2,1H3,(H,32,36). The number of pyridine rings is 1. The quantitative estimate of drug-likeness (QED) is 0.303. The summed E-state index contributed by atoms with van der Waals surface area (Å²) >= 11 is 6.92. The first-order chi connectivity index (χ1) is 18.9. The molecule has 4 aromatic rings. The molecule has 1 aliphatic rings. The van der Waals surface area contributed by atoms with Crippen LogP contribution in [0, 0.1) is 6.92 Å². The van der Waals surface area contributed by atoms with Crippen LogP contribution < -0.4 is 10.2 Å². The van der Waals surface area contributed by atoms with Crippen molar-refractivity contribution in [1.29, 1.82) is 0 Å². The summed E-state index contributed by atoms with van der Waals surface area (Å²) < 4.78 is 68.8. The number of nitrogens with one attached hydrogen (secondary N) is 1. The molecule has 0 atom stereocenters. The van der Waals surface area contributed by atoms with E-state index in [-0.39, 0.29) is 48.4 Å². The zero-order chi connectivity index (χ0) is 28.7. The molecule has 3 heterocycles. The van der Waals surface area contributed by atoms with Crippen LogP contribution in [0.3, 0.4) is 0 Å². The zero-order valence-corrected chi connectivity index (χ0v) is 23.6. The average molecular weight is 609 g/mol. The molecule has 1 amide bonds. The number of anilines is 1. The largest absolute Gasteiger partial charge is 0.433 e. The van der Waals surface area contributed by atoms with Gasteiger partial charge < -0.3 is 10.2 Å². The third-order valence-corrected chi connectivity index (χ3v) is 10.3. The lowest BCUT2D eigenvalue weighted by molar-refractivity contribution is -0.140. The highest BCUT2D eigenvalue weighted by Crippen LogP contribution is 2.36. The number of aromatic nitrogens is 1. The minimum atomic E-state index is -4.61. The minimum Gasteiger partial charge on any atom is -0.368 e. The van der Waals surface area contributed by atoms with Crippen molar-refractivity contribution in [3.63, 3.8) is 0 Å². The number of carbonyl (C=O) groups excluding carboxylic acids is 1. The Labute approximate surface area is 238 Å². The molecule has 0 bridgehead atoms. The monoisotopic (exact) mass is 608 g/mol. The van der Waals surface area contributed by atoms with Gasteiger partial charge in [0, 0.05) is 52.7 Å². The Morgan fingerprint density at radius 3 is 2.40 bits per heavy atom. The minimum absolute atomic E-state index is 0.111. The fraction of sp³-hybridized carbons (Fsp3) is 0.259. The van der Waals surface area contributed by atoms with Gasteiger partial charge in [0.15, 0.2) is 0 Å². The number of alkyl halides is 3. The molecule has 1 aliphatic heterocycles. The highest BCUT2D eigenvalue weighted by atomic mass is 35.5. The number of halogens is 4. The molecule has 0 saturated carbocycles. The normalized spacial score (nSPS) is 15.0. The summed E-state index contributed by atoms with van der Waals surface area (Å²) in [4.78, 5) is 18.6. The van der Waals surface area contributed by atoms with Gasteiger partial charge in [-0.1, -0.05) is 23.2 Å². The number of sulfonamides is 1. The lowest BCUT2D eigenvalue weighted by Gasteiger charge is -2.36. The summed E-state index contributed by atoms with van der Waals surface area (Å²) in [5, 5.41) is 3.87. The van der Waals surface area contributed by atoms with Gasteiger partial charge in [0.2, 0.25) is 0 Å². The van der Waals surface area contributed by atoms with Gasteiger partial charge in [0.05, 0.1) is 12.1 Å². The molecule has 0 aliphatic carbocycles. The highest BCUT2D eigenvalue weighted by molar-refractivity contribution is 7.91. The van der Waals surface area contributed by atoms with E-state index in [0.29, 0.717) is 26.5 Å². The maximum absolute atomic E-state index is 13.6. The van der Waals surface area contributed by atoms with Crippen LogP contribution in [0.15, 0.2) is 64.9 Å². The van der Waals surface area contributed by atoms with E-state index in [4.69, 9.17) is 11.6 Å². The first-order valence-corrected chi connectivity index (χ1v) is 14.9. The van der Waals surface area contributed by atoms with Crippen LogP contribution in [0.4, 0.5) is 18.9 Å². The molecule has 210 valence electrons. The molecular weight excluding hydrogens is 585 g/mol. The Bertz CT molecular complexity index is 1670. The van der Waals surface area contributed by atoms with Crippen LogP contribution in [-0.2, 0) is 22.7 Å². The van der Waals surface area contributed by atoms with Crippen LogP contribution >= 0.6 is 22.9 Å². The fourth-order valence-corrected chi connectivity index (χ4v) is 7.49. The second kappa shape index (κ2) is 11.0. The molecule has 7 nitrogen and oxygen atoms in total. The van der Waals surface area contributed by atoms with Crippen molar-refractivity contribution in [1.82, 2.24) is 14.6 Å². The van der Waals surface area contributed by atoms with E-state index in [1.54, 1.807) is 53.4 Å². The summed E-state index contributed by atoms with van der Waals surface area (Å²) in [6.07, 6.45) is -4.61. The predicted molar refractivity (Wildman–Crippen MR) is 149 cm³/mol. The first kappa shape index (κ1) is 28.3. The van der Waals surface area contributed by atoms with Crippen LogP contribution in [0.25, 0.3) is 10.9 Å². The van der Waals surface area contributed by atoms with Crippen LogP contribution in [0.1, 0.15) is 26.5 Å². The predicted octanol–water partition coefficient (Wildman–Crippen LogP) is 5.72. The molecule has 0 radical (unpaired) electrons. The van der Waals surface area contributed by atoms with Gasteiger partial charge in [0.25, 0.3) is 15.9 Å². The molecule has 0 unspecified atom stereocenters. The maximum Gasteiger partial charge on any atom is 0.433 e. The second-order valence-electron chi connectivity index (χ2n) is 9.35. The van der Waals surface area contributed by atoms with Gasteiger partial charge in [-0.3, -0.25) is 4.79 Å². The Hall–Kier alpha value is -3.19. The third-order valence-electron chi connectivity index (χ3n) is 6.57. The number of carbonyl (C=O) groups is 1. The van der Waals surface area contributed by atoms with Crippen molar-refractivity contribution < 1.29 is 26.4 Å². The smallest absolute Gasteiger partial charge is 0.368 e. The number of thiophene rings is 1. The third kappa shape index (κ3) is 5.95. The molecule has 5 rings (SSSR count). The van der Waals surface area contributed by atoms with Crippen molar-refractivity contribution in [2.24, 2.45) is 0 Å². The van der Waals surface area contributed by atoms with Gasteiger partial charge in [0.1, 0.15) is 9.90 Å². The molecule has 1 N–H and O–H groups in total. The topological polar surface area (TPSA) is 82.6 Å². The van der Waals surface area contributed by atoms with Crippen molar-refractivity contribution in [2.45, 2.75) is 23.9 Å². The Balaban J connectivity index is 1.28. The van der Waals surface area contributed by atoms with Crippen molar-refractivity contribution in [2.75, 3.05) is 31.1 Å². The van der Waals surface area contributed by atoms with E-state index in [9.17, 15) is 26.4 Å². The molecule has 1 fully saturated rings. The average Bonchev–Trinajstić information content (AvgIpc) is 3.41. The molecule has 13 heteroatoms. The van der Waals surface area contributed by atoms with E-state index < -0.39 is 21.9 Å². The van der Waals surface area contributed by atoms with Crippen LogP contribution in [-0.4, -0.2) is 49.8 Å². The molecule has 2 aromatic carbocycles. The number of fused-ring (bicyclic) bond motifs is 1. The lowest BCUT2D eigenvalue weighted by atomic mass is 10.1. The SMILES string of the molecule is Cc1ccc2nc(C(F)(F)F)cc(N3CCN(S(=O)(=O)c4ccc(CNC(=O)c5ccc(Cl)cc5)s4)CC3)c2c1. The number of nitrogens with zero attached hydrogens (tertiary/aromatic N) is 3. The van der Waals surface area contributed by atoms with E-state index in [1.165, 1.54) is 10.4 Å². The second-order valence-corrected chi connectivity index (χ2v) is 13.1. The number of amides is 1. The number of aryl methyl sites for hydroxylation is 1. The van der Waals surface area contributed by atoms with Crippen molar-refractivity contribution in [3.8, 4) is 0 Å². The maximum atomic E-state index is 13.6. The number of hydrogen-bond donors (Lipinski definition) is 1.